The minimum atomic E-state index is -0.0886. The number of carbonyl (C=O) groups excluding carboxylic acids is 1. The van der Waals surface area contributed by atoms with Crippen LogP contribution < -0.4 is 11.1 Å². The van der Waals surface area contributed by atoms with E-state index in [-0.39, 0.29) is 5.91 Å². The number of pyridine rings is 1. The summed E-state index contributed by atoms with van der Waals surface area (Å²) in [6.45, 7) is 4.43. The fourth-order valence-electron chi connectivity index (χ4n) is 2.50. The molecule has 0 atom stereocenters. The molecule has 2 aromatic heterocycles. The van der Waals surface area contributed by atoms with Gasteiger partial charge in [-0.25, -0.2) is 4.98 Å². The Morgan fingerprint density at radius 1 is 1.26 bits per heavy atom. The summed E-state index contributed by atoms with van der Waals surface area (Å²) in [5, 5.41) is 6.30. The number of hydrogen-bond donors (Lipinski definition) is 2. The van der Waals surface area contributed by atoms with Crippen LogP contribution in [-0.2, 0) is 6.42 Å². The van der Waals surface area contributed by atoms with Gasteiger partial charge in [-0.3, -0.25) is 9.78 Å². The molecule has 1 aromatic carbocycles. The van der Waals surface area contributed by atoms with Crippen LogP contribution in [0, 0.1) is 13.8 Å². The first-order valence-electron chi connectivity index (χ1n) is 7.39. The van der Waals surface area contributed by atoms with Crippen molar-refractivity contribution in [2.24, 2.45) is 0 Å². The molecule has 118 valence electrons. The number of aromatic nitrogens is 2. The second-order valence-corrected chi connectivity index (χ2v) is 6.40. The van der Waals surface area contributed by atoms with Crippen LogP contribution >= 0.6 is 11.3 Å². The lowest BCUT2D eigenvalue weighted by atomic mass is 10.0. The third-order valence-electron chi connectivity index (χ3n) is 3.57. The highest BCUT2D eigenvalue weighted by atomic mass is 32.1. The lowest BCUT2D eigenvalue weighted by Crippen LogP contribution is -2.26. The third-order valence-corrected chi connectivity index (χ3v) is 4.30. The summed E-state index contributed by atoms with van der Waals surface area (Å²) < 4.78 is 0. The lowest BCUT2D eigenvalue weighted by Gasteiger charge is -2.09. The smallest absolute Gasteiger partial charge is 0.252 e. The Morgan fingerprint density at radius 2 is 2.09 bits per heavy atom. The molecular weight excluding hydrogens is 308 g/mol. The molecule has 6 heteroatoms. The minimum absolute atomic E-state index is 0.0886. The van der Waals surface area contributed by atoms with E-state index in [1.54, 1.807) is 0 Å². The van der Waals surface area contributed by atoms with Crippen LogP contribution in [0.1, 0.15) is 27.3 Å². The fraction of sp³-hybridized carbons (Fsp3) is 0.235. The van der Waals surface area contributed by atoms with Gasteiger partial charge in [0.15, 0.2) is 5.13 Å². The molecule has 3 rings (SSSR count). The van der Waals surface area contributed by atoms with Crippen molar-refractivity contribution >= 4 is 33.3 Å². The van der Waals surface area contributed by atoms with Crippen LogP contribution in [0.2, 0.25) is 0 Å². The van der Waals surface area contributed by atoms with E-state index >= 15 is 0 Å². The van der Waals surface area contributed by atoms with Crippen LogP contribution in [0.3, 0.4) is 0 Å². The molecule has 0 aliphatic carbocycles. The Morgan fingerprint density at radius 3 is 2.83 bits per heavy atom. The standard InChI is InChI=1S/C17H18N4OS/c1-10-3-4-15-13(7-10)14(8-11(2)20-15)16(22)19-6-5-12-9-23-17(18)21-12/h3-4,7-9H,5-6H2,1-2H3,(H2,18,21)(H,19,22). The average molecular weight is 326 g/mol. The summed E-state index contributed by atoms with van der Waals surface area (Å²) in [6.07, 6.45) is 0.667. The largest absolute Gasteiger partial charge is 0.375 e. The first-order chi connectivity index (χ1) is 11.0. The number of carbonyl (C=O) groups is 1. The van der Waals surface area contributed by atoms with E-state index in [2.05, 4.69) is 15.3 Å². The summed E-state index contributed by atoms with van der Waals surface area (Å²) in [7, 11) is 0. The SMILES string of the molecule is Cc1ccc2nc(C)cc(C(=O)NCCc3csc(N)n3)c2c1. The number of hydrogen-bond acceptors (Lipinski definition) is 5. The molecule has 0 fully saturated rings. The van der Waals surface area contributed by atoms with Crippen molar-refractivity contribution in [3.05, 3.63) is 52.2 Å². The second kappa shape index (κ2) is 6.34. The van der Waals surface area contributed by atoms with Gasteiger partial charge < -0.3 is 11.1 Å². The molecule has 23 heavy (non-hydrogen) atoms. The van der Waals surface area contributed by atoms with Crippen molar-refractivity contribution in [1.82, 2.24) is 15.3 Å². The summed E-state index contributed by atoms with van der Waals surface area (Å²) in [5.41, 5.74) is 9.95. The molecule has 3 aromatic rings. The van der Waals surface area contributed by atoms with E-state index in [4.69, 9.17) is 5.73 Å². The molecule has 3 N–H and O–H groups in total. The van der Waals surface area contributed by atoms with E-state index < -0.39 is 0 Å². The Labute approximate surface area is 138 Å². The molecule has 0 aliphatic rings. The van der Waals surface area contributed by atoms with Crippen molar-refractivity contribution < 1.29 is 4.79 Å². The van der Waals surface area contributed by atoms with Gasteiger partial charge in [0.25, 0.3) is 5.91 Å². The Hall–Kier alpha value is -2.47. The molecule has 0 spiro atoms. The number of nitrogens with two attached hydrogens (primary N) is 1. The molecule has 1 amide bonds. The second-order valence-electron chi connectivity index (χ2n) is 5.51. The maximum Gasteiger partial charge on any atom is 0.252 e. The van der Waals surface area contributed by atoms with Crippen LogP contribution in [-0.4, -0.2) is 22.4 Å². The van der Waals surface area contributed by atoms with E-state index in [0.29, 0.717) is 23.7 Å². The van der Waals surface area contributed by atoms with Crippen molar-refractivity contribution in [1.29, 1.82) is 0 Å². The first kappa shape index (κ1) is 15.4. The molecule has 0 saturated heterocycles. The van der Waals surface area contributed by atoms with Gasteiger partial charge in [0.05, 0.1) is 16.8 Å². The van der Waals surface area contributed by atoms with Crippen LogP contribution in [0.4, 0.5) is 5.13 Å². The number of fused-ring (bicyclic) bond motifs is 1. The van der Waals surface area contributed by atoms with Gasteiger partial charge in [0.2, 0.25) is 0 Å². The highest BCUT2D eigenvalue weighted by molar-refractivity contribution is 7.13. The quantitative estimate of drug-likeness (QED) is 0.772. The van der Waals surface area contributed by atoms with Crippen LogP contribution in [0.15, 0.2) is 29.6 Å². The number of thiazole rings is 1. The van der Waals surface area contributed by atoms with E-state index in [0.717, 1.165) is 27.9 Å². The average Bonchev–Trinajstić information content (AvgIpc) is 2.92. The van der Waals surface area contributed by atoms with Gasteiger partial charge in [-0.1, -0.05) is 11.6 Å². The number of nitrogens with one attached hydrogen (secondary N) is 1. The zero-order valence-corrected chi connectivity index (χ0v) is 13.9. The zero-order chi connectivity index (χ0) is 16.4. The normalized spacial score (nSPS) is 10.9. The molecule has 0 unspecified atom stereocenters. The monoisotopic (exact) mass is 326 g/mol. The van der Waals surface area contributed by atoms with Crippen LogP contribution in [0.5, 0.6) is 0 Å². The van der Waals surface area contributed by atoms with Gasteiger partial charge in [-0.2, -0.15) is 0 Å². The number of amides is 1. The van der Waals surface area contributed by atoms with Gasteiger partial charge >= 0.3 is 0 Å². The summed E-state index contributed by atoms with van der Waals surface area (Å²) >= 11 is 1.41. The molecule has 5 nitrogen and oxygen atoms in total. The molecule has 0 aliphatic heterocycles. The number of benzene rings is 1. The number of aryl methyl sites for hydroxylation is 2. The highest BCUT2D eigenvalue weighted by Crippen LogP contribution is 2.20. The predicted octanol–water partition coefficient (Wildman–Crippen LogP) is 2.86. The Balaban J connectivity index is 1.78. The van der Waals surface area contributed by atoms with Gasteiger partial charge in [-0.05, 0) is 32.0 Å². The maximum atomic E-state index is 12.5. The molecular formula is C17H18N4OS. The Kier molecular flexibility index (Phi) is 4.25. The lowest BCUT2D eigenvalue weighted by molar-refractivity contribution is 0.0955. The number of rotatable bonds is 4. The molecule has 0 saturated carbocycles. The molecule has 0 radical (unpaired) electrons. The summed E-state index contributed by atoms with van der Waals surface area (Å²) in [4.78, 5) is 21.2. The van der Waals surface area contributed by atoms with E-state index in [1.165, 1.54) is 11.3 Å². The summed E-state index contributed by atoms with van der Waals surface area (Å²) in [6, 6.07) is 7.78. The minimum Gasteiger partial charge on any atom is -0.375 e. The van der Waals surface area contributed by atoms with Gasteiger partial charge in [0.1, 0.15) is 0 Å². The van der Waals surface area contributed by atoms with Crippen molar-refractivity contribution in [2.75, 3.05) is 12.3 Å². The zero-order valence-electron chi connectivity index (χ0n) is 13.1. The van der Waals surface area contributed by atoms with Crippen LogP contribution in [0.25, 0.3) is 10.9 Å². The predicted molar refractivity (Wildman–Crippen MR) is 93.8 cm³/mol. The highest BCUT2D eigenvalue weighted by Gasteiger charge is 2.12. The van der Waals surface area contributed by atoms with Gasteiger partial charge in [0, 0.05) is 29.4 Å². The van der Waals surface area contributed by atoms with Gasteiger partial charge in [-0.15, -0.1) is 11.3 Å². The van der Waals surface area contributed by atoms with Crippen molar-refractivity contribution in [3.63, 3.8) is 0 Å². The Bertz CT molecular complexity index is 872. The molecule has 2 heterocycles. The topological polar surface area (TPSA) is 80.9 Å². The third kappa shape index (κ3) is 3.48. The number of nitrogens with zero attached hydrogens (tertiary/aromatic N) is 2. The summed E-state index contributed by atoms with van der Waals surface area (Å²) in [5.74, 6) is -0.0886. The van der Waals surface area contributed by atoms with E-state index in [1.807, 2.05) is 43.5 Å². The van der Waals surface area contributed by atoms with Crippen molar-refractivity contribution in [3.8, 4) is 0 Å². The fourth-order valence-corrected chi connectivity index (χ4v) is 3.09. The first-order valence-corrected chi connectivity index (χ1v) is 8.27. The van der Waals surface area contributed by atoms with E-state index in [9.17, 15) is 4.79 Å². The van der Waals surface area contributed by atoms with Crippen molar-refractivity contribution in [2.45, 2.75) is 20.3 Å². The molecule has 0 bridgehead atoms. The maximum absolute atomic E-state index is 12.5. The number of anilines is 1. The number of nitrogen functional groups attached to an aromatic ring is 1.